The van der Waals surface area contributed by atoms with Crippen molar-refractivity contribution < 1.29 is 18.4 Å². The molecule has 0 aromatic carbocycles. The Labute approximate surface area is 243 Å². The summed E-state index contributed by atoms with van der Waals surface area (Å²) < 4.78 is 19.2. The molecule has 6 heteroatoms. The van der Waals surface area contributed by atoms with E-state index in [2.05, 4.69) is 60.8 Å². The quantitative estimate of drug-likeness (QED) is 0.192. The van der Waals surface area contributed by atoms with Crippen molar-refractivity contribution in [3.63, 3.8) is 0 Å². The number of carbonyl (C=O) groups excluding carboxylic acids is 1. The van der Waals surface area contributed by atoms with Crippen LogP contribution in [0.15, 0.2) is 0 Å². The number of carbonyl (C=O) groups is 1. The Hall–Kier alpha value is -0.176. The molecule has 4 nitrogen and oxygen atoms in total. The van der Waals surface area contributed by atoms with E-state index < -0.39 is 16.6 Å². The lowest BCUT2D eigenvalue weighted by Crippen LogP contribution is -2.61. The maximum absolute atomic E-state index is 12.0. The van der Waals surface area contributed by atoms with Crippen LogP contribution < -0.4 is 0 Å². The van der Waals surface area contributed by atoms with Crippen molar-refractivity contribution in [2.75, 3.05) is 7.11 Å². The Morgan fingerprint density at radius 1 is 0.897 bits per heavy atom. The van der Waals surface area contributed by atoms with Gasteiger partial charge in [-0.1, -0.05) is 34.6 Å². The third-order valence-electron chi connectivity index (χ3n) is 13.1. The molecule has 10 atom stereocenters. The van der Waals surface area contributed by atoms with E-state index in [1.54, 1.807) is 0 Å². The number of esters is 1. The minimum Gasteiger partial charge on any atom is -0.469 e. The van der Waals surface area contributed by atoms with Crippen molar-refractivity contribution >= 4 is 22.6 Å². The number of fused-ring (bicyclic) bond motifs is 5. The lowest BCUT2D eigenvalue weighted by Gasteiger charge is -2.64. The molecule has 4 fully saturated rings. The Morgan fingerprint density at radius 3 is 2.21 bits per heavy atom. The zero-order valence-corrected chi connectivity index (χ0v) is 29.2. The van der Waals surface area contributed by atoms with Gasteiger partial charge in [0.25, 0.3) is 0 Å². The second-order valence-electron chi connectivity index (χ2n) is 15.9. The van der Waals surface area contributed by atoms with Gasteiger partial charge in [-0.05, 0) is 142 Å². The van der Waals surface area contributed by atoms with Crippen LogP contribution in [-0.2, 0) is 18.4 Å². The van der Waals surface area contributed by atoms with Gasteiger partial charge in [-0.15, -0.1) is 0 Å². The molecule has 39 heavy (non-hydrogen) atoms. The second-order valence-corrected chi connectivity index (χ2v) is 24.8. The number of rotatable bonds is 10. The summed E-state index contributed by atoms with van der Waals surface area (Å²) in [5, 5.41) is 0. The summed E-state index contributed by atoms with van der Waals surface area (Å²) in [5.41, 5.74) is 0.645. The summed E-state index contributed by atoms with van der Waals surface area (Å²) in [7, 11) is -1.74. The van der Waals surface area contributed by atoms with E-state index in [4.69, 9.17) is 13.6 Å². The first-order chi connectivity index (χ1) is 18.2. The zero-order chi connectivity index (χ0) is 28.8. The van der Waals surface area contributed by atoms with Crippen LogP contribution in [0.2, 0.25) is 38.3 Å². The summed E-state index contributed by atoms with van der Waals surface area (Å²) >= 11 is 0. The smallest absolute Gasteiger partial charge is 0.305 e. The summed E-state index contributed by atoms with van der Waals surface area (Å²) in [5.74, 6) is 4.27. The van der Waals surface area contributed by atoms with Crippen molar-refractivity contribution in [2.24, 2.45) is 46.3 Å². The van der Waals surface area contributed by atoms with Gasteiger partial charge in [-0.25, -0.2) is 0 Å². The van der Waals surface area contributed by atoms with Crippen LogP contribution >= 0.6 is 0 Å². The van der Waals surface area contributed by atoms with Crippen molar-refractivity contribution in [3.8, 4) is 0 Å². The fourth-order valence-corrected chi connectivity index (χ4v) is 12.6. The SMILES string of the molecule is CC[Si](C)(C)O[C@H]1CC[C@@]2(C)[C@H](CC[C@@H]3[C@@H]2C[C@H](O[Si](C)(C)CC)[C@]2(C)[C@@H]([C@H](C)CCC(=O)OC)CC[C@@H]32)C1. The molecule has 4 aliphatic rings. The van der Waals surface area contributed by atoms with Gasteiger partial charge >= 0.3 is 5.97 Å². The normalized spacial score (nSPS) is 41.3. The third-order valence-corrected chi connectivity index (χ3v) is 18.4. The number of methoxy groups -OCH3 is 1. The summed E-state index contributed by atoms with van der Waals surface area (Å²) in [6.45, 7) is 22.1. The number of ether oxygens (including phenoxy) is 1. The first-order valence-electron chi connectivity index (χ1n) is 16.6. The minimum absolute atomic E-state index is 0.0617. The molecular formula is C33H62O4Si2. The van der Waals surface area contributed by atoms with Gasteiger partial charge < -0.3 is 13.6 Å². The molecule has 4 saturated carbocycles. The van der Waals surface area contributed by atoms with Gasteiger partial charge in [0.2, 0.25) is 0 Å². The van der Waals surface area contributed by atoms with Crippen LogP contribution in [0.4, 0.5) is 0 Å². The van der Waals surface area contributed by atoms with Crippen molar-refractivity contribution in [1.29, 1.82) is 0 Å². The molecule has 0 radical (unpaired) electrons. The van der Waals surface area contributed by atoms with E-state index >= 15 is 0 Å². The number of hydrogen-bond donors (Lipinski definition) is 0. The van der Waals surface area contributed by atoms with E-state index in [1.165, 1.54) is 70.6 Å². The van der Waals surface area contributed by atoms with Gasteiger partial charge in [0.05, 0.1) is 13.2 Å². The molecule has 0 heterocycles. The standard InChI is InChI=1S/C33H62O4Si2/c1-11-38(7,8)36-25-19-20-32(4)24(21-25)14-15-26-28-17-16-27(23(3)13-18-31(34)35-6)33(28,5)30(22-29(26)32)37-39(9,10)12-2/h23-30H,11-22H2,1-10H3/t23-,24-,25+,26+,27-,28+,29+,30+,32+,33-/m1/s1. The molecule has 0 amide bonds. The highest BCUT2D eigenvalue weighted by molar-refractivity contribution is 6.71. The zero-order valence-electron chi connectivity index (χ0n) is 27.2. The summed E-state index contributed by atoms with van der Waals surface area (Å²) in [6, 6.07) is 2.39. The Kier molecular flexibility index (Phi) is 9.64. The van der Waals surface area contributed by atoms with E-state index in [0.717, 1.165) is 30.1 Å². The van der Waals surface area contributed by atoms with E-state index in [0.29, 0.717) is 35.9 Å². The highest BCUT2D eigenvalue weighted by atomic mass is 28.4. The Balaban J connectivity index is 1.59. The lowest BCUT2D eigenvalue weighted by molar-refractivity contribution is -0.169. The average Bonchev–Trinajstić information content (AvgIpc) is 3.26. The topological polar surface area (TPSA) is 44.8 Å². The van der Waals surface area contributed by atoms with Crippen molar-refractivity contribution in [1.82, 2.24) is 0 Å². The predicted molar refractivity (Wildman–Crippen MR) is 167 cm³/mol. The molecule has 0 N–H and O–H groups in total. The second kappa shape index (κ2) is 11.8. The van der Waals surface area contributed by atoms with Crippen LogP contribution in [0.25, 0.3) is 0 Å². The molecule has 0 aromatic heterocycles. The highest BCUT2D eigenvalue weighted by Gasteiger charge is 2.64. The molecule has 0 unspecified atom stereocenters. The minimum atomic E-state index is -1.73. The summed E-state index contributed by atoms with van der Waals surface area (Å²) in [4.78, 5) is 12.0. The van der Waals surface area contributed by atoms with Crippen LogP contribution in [0.1, 0.15) is 98.8 Å². The van der Waals surface area contributed by atoms with Crippen molar-refractivity contribution in [3.05, 3.63) is 0 Å². The van der Waals surface area contributed by atoms with Gasteiger partial charge in [0, 0.05) is 12.5 Å². The van der Waals surface area contributed by atoms with Gasteiger partial charge in [-0.2, -0.15) is 0 Å². The van der Waals surface area contributed by atoms with E-state index in [-0.39, 0.29) is 11.4 Å². The van der Waals surface area contributed by atoms with Gasteiger partial charge in [0.15, 0.2) is 16.6 Å². The first-order valence-corrected chi connectivity index (χ1v) is 22.9. The maximum atomic E-state index is 12.0. The van der Waals surface area contributed by atoms with Crippen LogP contribution in [-0.4, -0.2) is 41.9 Å². The molecule has 0 aromatic rings. The third kappa shape index (κ3) is 6.15. The summed E-state index contributed by atoms with van der Waals surface area (Å²) in [6.07, 6.45) is 12.9. The average molecular weight is 579 g/mol. The molecule has 0 bridgehead atoms. The first kappa shape index (κ1) is 31.8. The Bertz CT molecular complexity index is 861. The van der Waals surface area contributed by atoms with Gasteiger partial charge in [0.1, 0.15) is 0 Å². The van der Waals surface area contributed by atoms with E-state index in [9.17, 15) is 4.79 Å². The highest BCUT2D eigenvalue weighted by Crippen LogP contribution is 2.69. The van der Waals surface area contributed by atoms with Crippen LogP contribution in [0.5, 0.6) is 0 Å². The molecule has 226 valence electrons. The maximum Gasteiger partial charge on any atom is 0.305 e. The number of hydrogen-bond acceptors (Lipinski definition) is 4. The van der Waals surface area contributed by atoms with Crippen LogP contribution in [0.3, 0.4) is 0 Å². The monoisotopic (exact) mass is 578 g/mol. The van der Waals surface area contributed by atoms with E-state index in [1.807, 2.05) is 0 Å². The van der Waals surface area contributed by atoms with Crippen LogP contribution in [0, 0.1) is 46.3 Å². The lowest BCUT2D eigenvalue weighted by atomic mass is 9.43. The van der Waals surface area contributed by atoms with Crippen molar-refractivity contribution in [2.45, 2.75) is 149 Å². The molecule has 0 saturated heterocycles. The largest absolute Gasteiger partial charge is 0.469 e. The molecule has 0 aliphatic heterocycles. The molecule has 4 rings (SSSR count). The van der Waals surface area contributed by atoms with Gasteiger partial charge in [-0.3, -0.25) is 4.79 Å². The fourth-order valence-electron chi connectivity index (χ4n) is 10.1. The predicted octanol–water partition coefficient (Wildman–Crippen LogP) is 9.06. The molecule has 0 spiro atoms. The Morgan fingerprint density at radius 2 is 1.56 bits per heavy atom. The molecule has 4 aliphatic carbocycles. The molecular weight excluding hydrogens is 517 g/mol. The fraction of sp³-hybridized carbons (Fsp3) is 0.970.